The number of para-hydroxylation sites is 1. The van der Waals surface area contributed by atoms with Crippen LogP contribution < -0.4 is 26.1 Å². The summed E-state index contributed by atoms with van der Waals surface area (Å²) in [5, 5.41) is 25.9. The Morgan fingerprint density at radius 2 is 1.96 bits per heavy atom. The molecule has 45 heavy (non-hydrogen) atoms. The SMILES string of the molecule is COc1ccccc1C=CC(=O)N[C@@H](CCCNC(=N)N[N+](=O)[O-])C(=O)N[C@@H](CC(C)C)B1O[C@@H]2C[C@@H]3C[C@@H](C3(C)C)[C@]2(C)O1. The second-order valence-electron chi connectivity index (χ2n) is 13.5. The van der Waals surface area contributed by atoms with Gasteiger partial charge in [-0.2, -0.15) is 0 Å². The molecule has 3 saturated carbocycles. The van der Waals surface area contributed by atoms with Crippen LogP contribution in [-0.2, 0) is 18.9 Å². The van der Waals surface area contributed by atoms with Crippen LogP contribution >= 0.6 is 0 Å². The fourth-order valence-electron chi connectivity index (χ4n) is 7.21. The summed E-state index contributed by atoms with van der Waals surface area (Å²) >= 11 is 0. The number of methoxy groups -OCH3 is 1. The van der Waals surface area contributed by atoms with Crippen molar-refractivity contribution >= 4 is 31.0 Å². The molecule has 2 bridgehead atoms. The zero-order valence-electron chi connectivity index (χ0n) is 27.1. The van der Waals surface area contributed by atoms with Gasteiger partial charge in [-0.05, 0) is 74.3 Å². The Hall–Kier alpha value is -3.65. The standard InChI is InChI=1S/C31H47BN6O7/c1-19(2)16-26(32-44-25-18-21-17-24(30(21,3)4)31(25,5)45-32)36-28(40)22(11-9-15-34-29(33)37-38(41)42)35-27(39)14-13-20-10-7-8-12-23(20)43-6/h7-8,10,12-14,19,21-22,24-26H,9,11,15-18H2,1-6H3,(H,35,39)(H,36,40)(H3,33,34,37)/t21-,22-,24-,25+,26-,31-/m0/s1. The molecule has 246 valence electrons. The van der Waals surface area contributed by atoms with E-state index in [0.29, 0.717) is 36.0 Å². The molecule has 4 fully saturated rings. The zero-order chi connectivity index (χ0) is 32.9. The number of ether oxygens (including phenoxy) is 1. The van der Waals surface area contributed by atoms with E-state index in [1.165, 1.54) is 6.08 Å². The largest absolute Gasteiger partial charge is 0.496 e. The van der Waals surface area contributed by atoms with Crippen molar-refractivity contribution in [3.05, 3.63) is 46.0 Å². The molecule has 2 amide bonds. The first kappa shape index (κ1) is 34.2. The number of nitrogens with one attached hydrogen (secondary N) is 5. The minimum absolute atomic E-state index is 0.0318. The van der Waals surface area contributed by atoms with Crippen LogP contribution in [0.4, 0.5) is 0 Å². The van der Waals surface area contributed by atoms with Gasteiger partial charge in [0.25, 0.3) is 5.96 Å². The average molecular weight is 627 g/mol. The molecular formula is C31H47BN6O7. The third-order valence-corrected chi connectivity index (χ3v) is 9.71. The average Bonchev–Trinajstić information content (AvgIpc) is 3.34. The van der Waals surface area contributed by atoms with Crippen LogP contribution in [0.2, 0.25) is 0 Å². The lowest BCUT2D eigenvalue weighted by Crippen LogP contribution is -2.65. The summed E-state index contributed by atoms with van der Waals surface area (Å²) in [6, 6.07) is 6.34. The molecule has 1 aromatic rings. The maximum Gasteiger partial charge on any atom is 0.481 e. The maximum atomic E-state index is 13.8. The van der Waals surface area contributed by atoms with Gasteiger partial charge in [0.15, 0.2) is 5.03 Å². The molecule has 5 N–H and O–H groups in total. The summed E-state index contributed by atoms with van der Waals surface area (Å²) in [6.45, 7) is 11.1. The van der Waals surface area contributed by atoms with Crippen molar-refractivity contribution in [2.75, 3.05) is 13.7 Å². The number of hydrogen-bond donors (Lipinski definition) is 5. The number of carbonyl (C=O) groups is 2. The van der Waals surface area contributed by atoms with Gasteiger partial charge in [-0.15, -0.1) is 0 Å². The molecule has 0 unspecified atom stereocenters. The number of hydrazine groups is 1. The number of nitro groups is 1. The molecule has 0 spiro atoms. The molecule has 0 radical (unpaired) electrons. The third kappa shape index (κ3) is 7.96. The van der Waals surface area contributed by atoms with E-state index < -0.39 is 41.6 Å². The fourth-order valence-corrected chi connectivity index (χ4v) is 7.21. The van der Waals surface area contributed by atoms with Crippen molar-refractivity contribution in [1.29, 1.82) is 5.41 Å². The topological polar surface area (TPSA) is 177 Å². The number of carbonyl (C=O) groups excluding carboxylic acids is 2. The third-order valence-electron chi connectivity index (χ3n) is 9.71. The minimum Gasteiger partial charge on any atom is -0.496 e. The minimum atomic E-state index is -0.917. The molecule has 14 heteroatoms. The molecule has 1 aliphatic heterocycles. The Bertz CT molecular complexity index is 1290. The Morgan fingerprint density at radius 1 is 1.22 bits per heavy atom. The maximum absolute atomic E-state index is 13.8. The summed E-state index contributed by atoms with van der Waals surface area (Å²) in [7, 11) is 0.936. The molecule has 6 atom stereocenters. The van der Waals surface area contributed by atoms with Gasteiger partial charge < -0.3 is 30.0 Å². The number of amides is 2. The van der Waals surface area contributed by atoms with Crippen LogP contribution in [0.1, 0.15) is 72.3 Å². The molecule has 0 aromatic heterocycles. The molecule has 4 aliphatic rings. The first-order chi connectivity index (χ1) is 21.2. The van der Waals surface area contributed by atoms with E-state index in [4.69, 9.17) is 19.5 Å². The highest BCUT2D eigenvalue weighted by atomic mass is 16.7. The van der Waals surface area contributed by atoms with Gasteiger partial charge in [-0.1, -0.05) is 51.3 Å². The monoisotopic (exact) mass is 626 g/mol. The highest BCUT2D eigenvalue weighted by Gasteiger charge is 2.68. The van der Waals surface area contributed by atoms with E-state index in [0.717, 1.165) is 12.8 Å². The van der Waals surface area contributed by atoms with E-state index in [2.05, 4.69) is 50.6 Å². The van der Waals surface area contributed by atoms with Crippen molar-refractivity contribution in [2.24, 2.45) is 23.2 Å². The molecule has 5 rings (SSSR count). The number of benzene rings is 1. The van der Waals surface area contributed by atoms with Crippen molar-refractivity contribution in [3.63, 3.8) is 0 Å². The summed E-state index contributed by atoms with van der Waals surface area (Å²) < 4.78 is 18.5. The highest BCUT2D eigenvalue weighted by Crippen LogP contribution is 2.65. The Balaban J connectivity index is 1.45. The molecular weight excluding hydrogens is 579 g/mol. The lowest BCUT2D eigenvalue weighted by atomic mass is 9.43. The van der Waals surface area contributed by atoms with E-state index in [1.807, 2.05) is 18.2 Å². The van der Waals surface area contributed by atoms with Crippen LogP contribution in [0, 0.1) is 38.7 Å². The van der Waals surface area contributed by atoms with Crippen molar-refractivity contribution in [2.45, 2.75) is 90.4 Å². The number of hydrogen-bond acceptors (Lipinski definition) is 8. The van der Waals surface area contributed by atoms with Crippen LogP contribution in [0.5, 0.6) is 5.75 Å². The van der Waals surface area contributed by atoms with E-state index in [1.54, 1.807) is 24.7 Å². The highest BCUT2D eigenvalue weighted by molar-refractivity contribution is 6.48. The summed E-state index contributed by atoms with van der Waals surface area (Å²) in [5.74, 6) is 0.0847. The van der Waals surface area contributed by atoms with Gasteiger partial charge in [-0.25, -0.2) is 10.1 Å². The van der Waals surface area contributed by atoms with E-state index >= 15 is 0 Å². The van der Waals surface area contributed by atoms with Crippen molar-refractivity contribution < 1.29 is 28.7 Å². The number of nitrogens with zero attached hydrogens (tertiary/aromatic N) is 1. The normalized spacial score (nSPS) is 25.9. The van der Waals surface area contributed by atoms with Crippen LogP contribution in [0.15, 0.2) is 30.3 Å². The predicted octanol–water partition coefficient (Wildman–Crippen LogP) is 3.08. The van der Waals surface area contributed by atoms with Crippen LogP contribution in [0.3, 0.4) is 0 Å². The van der Waals surface area contributed by atoms with Gasteiger partial charge in [0.2, 0.25) is 11.8 Å². The van der Waals surface area contributed by atoms with Gasteiger partial charge in [0, 0.05) is 18.2 Å². The predicted molar refractivity (Wildman–Crippen MR) is 171 cm³/mol. The van der Waals surface area contributed by atoms with Gasteiger partial charge >= 0.3 is 7.12 Å². The first-order valence-electron chi connectivity index (χ1n) is 15.7. The molecule has 1 heterocycles. The van der Waals surface area contributed by atoms with Crippen molar-refractivity contribution in [1.82, 2.24) is 21.4 Å². The van der Waals surface area contributed by atoms with Crippen molar-refractivity contribution in [3.8, 4) is 5.75 Å². The lowest BCUT2D eigenvalue weighted by molar-refractivity contribution is -0.525. The van der Waals surface area contributed by atoms with Crippen LogP contribution in [0.25, 0.3) is 6.08 Å². The first-order valence-corrected chi connectivity index (χ1v) is 15.7. The van der Waals surface area contributed by atoms with E-state index in [9.17, 15) is 19.7 Å². The van der Waals surface area contributed by atoms with Gasteiger partial charge in [-0.3, -0.25) is 15.0 Å². The number of rotatable bonds is 14. The molecule has 1 saturated heterocycles. The summed E-state index contributed by atoms with van der Waals surface area (Å²) in [6.07, 6.45) is 6.18. The van der Waals surface area contributed by atoms with Gasteiger partial charge in [0.05, 0.1) is 24.8 Å². The fraction of sp³-hybridized carbons (Fsp3) is 0.645. The van der Waals surface area contributed by atoms with E-state index in [-0.39, 0.29) is 36.3 Å². The summed E-state index contributed by atoms with van der Waals surface area (Å²) in [4.78, 5) is 37.4. The quantitative estimate of drug-likeness (QED) is 0.0395. The molecule has 3 aliphatic carbocycles. The summed E-state index contributed by atoms with van der Waals surface area (Å²) in [5.41, 5.74) is 2.21. The lowest BCUT2D eigenvalue weighted by Gasteiger charge is -2.64. The van der Waals surface area contributed by atoms with Gasteiger partial charge in [0.1, 0.15) is 11.8 Å². The zero-order valence-corrected chi connectivity index (χ0v) is 27.1. The van der Waals surface area contributed by atoms with Crippen LogP contribution in [-0.4, -0.2) is 67.3 Å². The number of guanidine groups is 1. The Labute approximate surface area is 265 Å². The second kappa shape index (κ2) is 14.2. The smallest absolute Gasteiger partial charge is 0.481 e. The molecule has 1 aromatic carbocycles. The molecule has 13 nitrogen and oxygen atoms in total. The Kier molecular flexibility index (Phi) is 10.8. The Morgan fingerprint density at radius 3 is 2.62 bits per heavy atom. The second-order valence-corrected chi connectivity index (χ2v) is 13.5.